The summed E-state index contributed by atoms with van der Waals surface area (Å²) in [6, 6.07) is 29.5. The molecule has 1 aliphatic rings. The van der Waals surface area contributed by atoms with E-state index in [1.165, 1.54) is 32.6 Å². The van der Waals surface area contributed by atoms with Crippen molar-refractivity contribution in [1.29, 1.82) is 0 Å². The summed E-state index contributed by atoms with van der Waals surface area (Å²) in [5, 5.41) is 21.7. The largest absolute Gasteiger partial charge is 0.488 e. The van der Waals surface area contributed by atoms with Crippen LogP contribution in [0.1, 0.15) is 0 Å². The molecule has 31 heavy (non-hydrogen) atoms. The van der Waals surface area contributed by atoms with Gasteiger partial charge in [-0.2, -0.15) is 0 Å². The Morgan fingerprint density at radius 1 is 0.645 bits per heavy atom. The minimum atomic E-state index is -1.71. The van der Waals surface area contributed by atoms with E-state index in [2.05, 4.69) is 89.7 Å². The molecule has 0 atom stereocenters. The molecule has 1 heterocycles. The lowest BCUT2D eigenvalue weighted by Crippen LogP contribution is -2.49. The van der Waals surface area contributed by atoms with E-state index in [0.29, 0.717) is 5.46 Å². The molecular formula is C26H22BBrO2Si. The number of fused-ring (bicyclic) bond motifs is 3. The minimum Gasteiger partial charge on any atom is -0.423 e. The Kier molecular flexibility index (Phi) is 5.02. The fourth-order valence-corrected chi connectivity index (χ4v) is 8.25. The van der Waals surface area contributed by atoms with Gasteiger partial charge in [-0.05, 0) is 67.4 Å². The van der Waals surface area contributed by atoms with Gasteiger partial charge in [-0.15, -0.1) is 0 Å². The highest BCUT2D eigenvalue weighted by atomic mass is 79.9. The number of rotatable bonds is 3. The van der Waals surface area contributed by atoms with Gasteiger partial charge in [0, 0.05) is 4.47 Å². The molecule has 5 heteroatoms. The molecule has 0 amide bonds. The van der Waals surface area contributed by atoms with Gasteiger partial charge >= 0.3 is 7.12 Å². The van der Waals surface area contributed by atoms with E-state index < -0.39 is 15.2 Å². The highest BCUT2D eigenvalue weighted by molar-refractivity contribution is 9.10. The zero-order chi connectivity index (χ0) is 21.8. The third kappa shape index (κ3) is 3.52. The van der Waals surface area contributed by atoms with Gasteiger partial charge in [-0.1, -0.05) is 95.8 Å². The second kappa shape index (κ2) is 7.61. The quantitative estimate of drug-likeness (QED) is 0.426. The Labute approximate surface area is 192 Å². The molecule has 152 valence electrons. The summed E-state index contributed by atoms with van der Waals surface area (Å²) in [4.78, 5) is 0. The predicted octanol–water partition coefficient (Wildman–Crippen LogP) is 4.27. The number of hydrogen-bond donors (Lipinski definition) is 2. The summed E-state index contributed by atoms with van der Waals surface area (Å²) in [5.41, 5.74) is 7.77. The van der Waals surface area contributed by atoms with Crippen molar-refractivity contribution in [1.82, 2.24) is 0 Å². The third-order valence-electron chi connectivity index (χ3n) is 6.36. The summed E-state index contributed by atoms with van der Waals surface area (Å²) >= 11 is 3.68. The van der Waals surface area contributed by atoms with Crippen LogP contribution in [0.3, 0.4) is 0 Å². The predicted molar refractivity (Wildman–Crippen MR) is 137 cm³/mol. The average molecular weight is 485 g/mol. The van der Waals surface area contributed by atoms with Crippen LogP contribution in [-0.4, -0.2) is 25.2 Å². The smallest absolute Gasteiger partial charge is 0.423 e. The van der Waals surface area contributed by atoms with Crippen LogP contribution < -0.4 is 15.8 Å². The first kappa shape index (κ1) is 20.5. The molecule has 5 rings (SSSR count). The van der Waals surface area contributed by atoms with E-state index in [4.69, 9.17) is 0 Å². The lowest BCUT2D eigenvalue weighted by atomic mass is 9.80. The van der Waals surface area contributed by atoms with Gasteiger partial charge < -0.3 is 10.0 Å². The average Bonchev–Trinajstić information content (AvgIpc) is 3.00. The van der Waals surface area contributed by atoms with E-state index >= 15 is 0 Å². The highest BCUT2D eigenvalue weighted by Crippen LogP contribution is 2.34. The van der Waals surface area contributed by atoms with E-state index in [0.717, 1.165) is 15.6 Å². The normalized spacial score (nSPS) is 13.6. The molecule has 0 radical (unpaired) electrons. The summed E-state index contributed by atoms with van der Waals surface area (Å²) in [6.45, 7) is 4.87. The van der Waals surface area contributed by atoms with E-state index in [1.807, 2.05) is 12.1 Å². The van der Waals surface area contributed by atoms with Gasteiger partial charge in [0.1, 0.15) is 8.07 Å². The maximum atomic E-state index is 9.36. The molecule has 0 fully saturated rings. The monoisotopic (exact) mass is 484 g/mol. The number of halogens is 1. The van der Waals surface area contributed by atoms with Crippen molar-refractivity contribution in [3.63, 3.8) is 0 Å². The first-order chi connectivity index (χ1) is 14.8. The van der Waals surface area contributed by atoms with Crippen molar-refractivity contribution in [2.24, 2.45) is 0 Å². The minimum absolute atomic E-state index is 0.490. The third-order valence-corrected chi connectivity index (χ3v) is 10.4. The van der Waals surface area contributed by atoms with E-state index in [9.17, 15) is 10.0 Å². The molecule has 4 aromatic rings. The van der Waals surface area contributed by atoms with Crippen LogP contribution in [0.2, 0.25) is 13.1 Å². The molecule has 2 N–H and O–H groups in total. The molecule has 0 saturated carbocycles. The van der Waals surface area contributed by atoms with Crippen molar-refractivity contribution in [3.8, 4) is 33.4 Å². The molecule has 2 nitrogen and oxygen atoms in total. The summed E-state index contributed by atoms with van der Waals surface area (Å²) < 4.78 is 1.02. The molecule has 0 aliphatic carbocycles. The Morgan fingerprint density at radius 2 is 1.26 bits per heavy atom. The van der Waals surface area contributed by atoms with Crippen LogP contribution in [0.5, 0.6) is 0 Å². The maximum absolute atomic E-state index is 9.36. The van der Waals surface area contributed by atoms with Gasteiger partial charge in [0.25, 0.3) is 0 Å². The molecule has 0 unspecified atom stereocenters. The van der Waals surface area contributed by atoms with Crippen LogP contribution in [0.4, 0.5) is 0 Å². The number of benzene rings is 4. The first-order valence-electron chi connectivity index (χ1n) is 10.4. The van der Waals surface area contributed by atoms with Crippen molar-refractivity contribution in [3.05, 3.63) is 89.4 Å². The van der Waals surface area contributed by atoms with Crippen molar-refractivity contribution in [2.75, 3.05) is 0 Å². The van der Waals surface area contributed by atoms with Gasteiger partial charge in [-0.3, -0.25) is 0 Å². The van der Waals surface area contributed by atoms with Gasteiger partial charge in [0.05, 0.1) is 0 Å². The van der Waals surface area contributed by atoms with E-state index in [-0.39, 0.29) is 0 Å². The fourth-order valence-electron chi connectivity index (χ4n) is 4.65. The van der Waals surface area contributed by atoms with Gasteiger partial charge in [0.15, 0.2) is 0 Å². The molecule has 0 saturated heterocycles. The standard InChI is InChI=1S/C26H22BBrO2Si/c1-31(2)25-6-4-3-5-23(25)24-12-9-18(16-26(24)31)20-13-19(14-22(28)15-20)17-7-10-21(11-8-17)27(29)30/h3-16,29-30H,1-2H3. The lowest BCUT2D eigenvalue weighted by Gasteiger charge is -2.19. The van der Waals surface area contributed by atoms with Crippen molar-refractivity contribution in [2.45, 2.75) is 13.1 Å². The second-order valence-corrected chi connectivity index (χ2v) is 13.9. The van der Waals surface area contributed by atoms with Crippen LogP contribution >= 0.6 is 15.9 Å². The topological polar surface area (TPSA) is 40.5 Å². The fraction of sp³-hybridized carbons (Fsp3) is 0.0769. The number of hydrogen-bond acceptors (Lipinski definition) is 2. The molecule has 0 spiro atoms. The summed E-state index contributed by atoms with van der Waals surface area (Å²) in [6.07, 6.45) is 0. The van der Waals surface area contributed by atoms with Crippen LogP contribution in [0.25, 0.3) is 33.4 Å². The first-order valence-corrected chi connectivity index (χ1v) is 14.2. The van der Waals surface area contributed by atoms with E-state index in [1.54, 1.807) is 12.1 Å². The maximum Gasteiger partial charge on any atom is 0.488 e. The van der Waals surface area contributed by atoms with Gasteiger partial charge in [-0.25, -0.2) is 0 Å². The van der Waals surface area contributed by atoms with Crippen molar-refractivity contribution < 1.29 is 10.0 Å². The second-order valence-electron chi connectivity index (χ2n) is 8.66. The van der Waals surface area contributed by atoms with Crippen LogP contribution in [0, 0.1) is 0 Å². The molecule has 1 aliphatic heterocycles. The summed E-state index contributed by atoms with van der Waals surface area (Å²) in [7, 11) is -3.16. The van der Waals surface area contributed by atoms with Crippen LogP contribution in [-0.2, 0) is 0 Å². The SMILES string of the molecule is C[Si]1(C)c2ccccc2-c2ccc(-c3cc(Br)cc(-c4ccc(B(O)O)cc4)c3)cc21. The lowest BCUT2D eigenvalue weighted by molar-refractivity contribution is 0.426. The Morgan fingerprint density at radius 3 is 1.97 bits per heavy atom. The molecule has 0 bridgehead atoms. The molecule has 0 aromatic heterocycles. The molecule has 4 aromatic carbocycles. The highest BCUT2D eigenvalue weighted by Gasteiger charge is 2.37. The Hall–Kier alpha value is -2.44. The molecular weight excluding hydrogens is 463 g/mol. The van der Waals surface area contributed by atoms with Crippen molar-refractivity contribution >= 4 is 47.0 Å². The zero-order valence-corrected chi connectivity index (χ0v) is 20.0. The zero-order valence-electron chi connectivity index (χ0n) is 17.4. The van der Waals surface area contributed by atoms with Crippen LogP contribution in [0.15, 0.2) is 89.4 Å². The van der Waals surface area contributed by atoms with Gasteiger partial charge in [0.2, 0.25) is 0 Å². The summed E-state index contributed by atoms with van der Waals surface area (Å²) in [5.74, 6) is 0. The Balaban J connectivity index is 1.59. The Bertz CT molecular complexity index is 1300.